The summed E-state index contributed by atoms with van der Waals surface area (Å²) in [6, 6.07) is 7.87. The Kier molecular flexibility index (Phi) is 5.84. The number of aromatic nitrogens is 2. The van der Waals surface area contributed by atoms with Crippen LogP contribution in [0.3, 0.4) is 0 Å². The van der Waals surface area contributed by atoms with Gasteiger partial charge in [-0.2, -0.15) is 5.10 Å². The minimum absolute atomic E-state index is 0. The predicted octanol–water partition coefficient (Wildman–Crippen LogP) is 2.79. The summed E-state index contributed by atoms with van der Waals surface area (Å²) in [4.78, 5) is 14.5. The zero-order valence-corrected chi connectivity index (χ0v) is 15.3. The Bertz CT molecular complexity index is 703. The van der Waals surface area contributed by atoms with E-state index in [1.165, 1.54) is 0 Å². The van der Waals surface area contributed by atoms with Crippen LogP contribution in [0.5, 0.6) is 0 Å². The standard InChI is InChI=1S/C16H19BrN4O.ClH/c1-11-15(16(22)20-6-5-12(8-18)10-20)9-19-21(11)14-4-2-3-13(17)7-14;/h2-4,7,9,12H,5-6,8,10,18H2,1H3;1H. The van der Waals surface area contributed by atoms with Gasteiger partial charge in [0.1, 0.15) is 0 Å². The maximum Gasteiger partial charge on any atom is 0.257 e. The number of likely N-dealkylation sites (tertiary alicyclic amines) is 1. The van der Waals surface area contributed by atoms with Gasteiger partial charge in [-0.25, -0.2) is 4.68 Å². The first-order valence-corrected chi connectivity index (χ1v) is 8.19. The molecule has 0 aliphatic carbocycles. The smallest absolute Gasteiger partial charge is 0.257 e. The van der Waals surface area contributed by atoms with E-state index in [0.717, 1.165) is 35.4 Å². The Morgan fingerprint density at radius 3 is 2.91 bits per heavy atom. The fourth-order valence-corrected chi connectivity index (χ4v) is 3.25. The Labute approximate surface area is 150 Å². The van der Waals surface area contributed by atoms with E-state index in [1.54, 1.807) is 10.9 Å². The summed E-state index contributed by atoms with van der Waals surface area (Å²) in [6.45, 7) is 4.09. The highest BCUT2D eigenvalue weighted by atomic mass is 79.9. The summed E-state index contributed by atoms with van der Waals surface area (Å²) in [7, 11) is 0. The van der Waals surface area contributed by atoms with Crippen LogP contribution < -0.4 is 5.73 Å². The molecule has 0 radical (unpaired) electrons. The van der Waals surface area contributed by atoms with Crippen molar-refractivity contribution in [2.45, 2.75) is 13.3 Å². The lowest BCUT2D eigenvalue weighted by Crippen LogP contribution is -2.30. The molecule has 1 aromatic carbocycles. The van der Waals surface area contributed by atoms with Gasteiger partial charge in [0.25, 0.3) is 5.91 Å². The topological polar surface area (TPSA) is 64.2 Å². The number of halogens is 2. The molecule has 1 aromatic heterocycles. The average Bonchev–Trinajstić information content (AvgIpc) is 3.13. The minimum Gasteiger partial charge on any atom is -0.338 e. The lowest BCUT2D eigenvalue weighted by molar-refractivity contribution is 0.0787. The second-order valence-electron chi connectivity index (χ2n) is 5.68. The number of hydrogen-bond acceptors (Lipinski definition) is 3. The van der Waals surface area contributed by atoms with Crippen LogP contribution in [0.25, 0.3) is 5.69 Å². The van der Waals surface area contributed by atoms with Gasteiger partial charge in [0.15, 0.2) is 0 Å². The molecule has 1 aliphatic rings. The third-order valence-corrected chi connectivity index (χ3v) is 4.69. The molecule has 1 amide bonds. The van der Waals surface area contributed by atoms with Crippen molar-refractivity contribution in [3.05, 3.63) is 46.2 Å². The van der Waals surface area contributed by atoms with Gasteiger partial charge in [0, 0.05) is 17.6 Å². The first-order valence-electron chi connectivity index (χ1n) is 7.40. The van der Waals surface area contributed by atoms with Crippen LogP contribution in [0, 0.1) is 12.8 Å². The van der Waals surface area contributed by atoms with Gasteiger partial charge >= 0.3 is 0 Å². The largest absolute Gasteiger partial charge is 0.338 e. The van der Waals surface area contributed by atoms with Gasteiger partial charge in [0.2, 0.25) is 0 Å². The number of nitrogens with two attached hydrogens (primary N) is 1. The normalized spacial score (nSPS) is 17.2. The zero-order chi connectivity index (χ0) is 15.7. The van der Waals surface area contributed by atoms with Crippen LogP contribution in [0.15, 0.2) is 34.9 Å². The summed E-state index contributed by atoms with van der Waals surface area (Å²) < 4.78 is 2.78. The Morgan fingerprint density at radius 2 is 2.26 bits per heavy atom. The van der Waals surface area contributed by atoms with Crippen molar-refractivity contribution in [2.75, 3.05) is 19.6 Å². The van der Waals surface area contributed by atoms with E-state index in [9.17, 15) is 4.79 Å². The molecular formula is C16H20BrClN4O. The van der Waals surface area contributed by atoms with Gasteiger partial charge in [-0.3, -0.25) is 4.79 Å². The molecular weight excluding hydrogens is 380 g/mol. The molecule has 0 bridgehead atoms. The van der Waals surface area contributed by atoms with Crippen LogP contribution in [-0.2, 0) is 0 Å². The van der Waals surface area contributed by atoms with Crippen LogP contribution >= 0.6 is 28.3 Å². The minimum atomic E-state index is 0. The summed E-state index contributed by atoms with van der Waals surface area (Å²) in [5.41, 5.74) is 8.16. The van der Waals surface area contributed by atoms with Crippen molar-refractivity contribution in [1.29, 1.82) is 0 Å². The third-order valence-electron chi connectivity index (χ3n) is 4.20. The highest BCUT2D eigenvalue weighted by molar-refractivity contribution is 9.10. The molecule has 2 aromatic rings. The van der Waals surface area contributed by atoms with Crippen LogP contribution in [-0.4, -0.2) is 40.2 Å². The molecule has 7 heteroatoms. The maximum absolute atomic E-state index is 12.7. The third kappa shape index (κ3) is 3.59. The van der Waals surface area contributed by atoms with Crippen molar-refractivity contribution < 1.29 is 4.79 Å². The lowest BCUT2D eigenvalue weighted by atomic mass is 10.1. The van der Waals surface area contributed by atoms with E-state index >= 15 is 0 Å². The molecule has 1 aliphatic heterocycles. The summed E-state index contributed by atoms with van der Waals surface area (Å²) in [5, 5.41) is 4.38. The number of carbonyl (C=O) groups is 1. The number of rotatable bonds is 3. The van der Waals surface area contributed by atoms with Crippen LogP contribution in [0.1, 0.15) is 22.5 Å². The van der Waals surface area contributed by atoms with Crippen molar-refractivity contribution in [3.63, 3.8) is 0 Å². The Morgan fingerprint density at radius 1 is 1.48 bits per heavy atom. The van der Waals surface area contributed by atoms with E-state index in [2.05, 4.69) is 21.0 Å². The number of benzene rings is 1. The SMILES string of the molecule is Cc1c(C(=O)N2CCC(CN)C2)cnn1-c1cccc(Br)c1.Cl. The van der Waals surface area contributed by atoms with Crippen molar-refractivity contribution in [3.8, 4) is 5.69 Å². The van der Waals surface area contributed by atoms with Crippen LogP contribution in [0.4, 0.5) is 0 Å². The molecule has 2 N–H and O–H groups in total. The van der Waals surface area contributed by atoms with Gasteiger partial charge in [-0.1, -0.05) is 22.0 Å². The summed E-state index contributed by atoms with van der Waals surface area (Å²) in [5.74, 6) is 0.471. The van der Waals surface area contributed by atoms with Gasteiger partial charge in [-0.15, -0.1) is 12.4 Å². The summed E-state index contributed by atoms with van der Waals surface area (Å²) >= 11 is 3.46. The van der Waals surface area contributed by atoms with E-state index in [4.69, 9.17) is 5.73 Å². The second kappa shape index (κ2) is 7.47. The molecule has 5 nitrogen and oxygen atoms in total. The van der Waals surface area contributed by atoms with Crippen molar-refractivity contribution >= 4 is 34.2 Å². The van der Waals surface area contributed by atoms with Gasteiger partial charge in [0.05, 0.1) is 23.1 Å². The number of nitrogens with zero attached hydrogens (tertiary/aromatic N) is 3. The van der Waals surface area contributed by atoms with Crippen molar-refractivity contribution in [2.24, 2.45) is 11.7 Å². The molecule has 1 unspecified atom stereocenters. The Hall–Kier alpha value is -1.37. The monoisotopic (exact) mass is 398 g/mol. The molecule has 0 saturated carbocycles. The van der Waals surface area contributed by atoms with E-state index in [-0.39, 0.29) is 18.3 Å². The van der Waals surface area contributed by atoms with Crippen molar-refractivity contribution in [1.82, 2.24) is 14.7 Å². The fraction of sp³-hybridized carbons (Fsp3) is 0.375. The molecule has 23 heavy (non-hydrogen) atoms. The van der Waals surface area contributed by atoms with Gasteiger partial charge < -0.3 is 10.6 Å². The maximum atomic E-state index is 12.7. The highest BCUT2D eigenvalue weighted by Crippen LogP contribution is 2.22. The molecule has 1 saturated heterocycles. The fourth-order valence-electron chi connectivity index (χ4n) is 2.87. The zero-order valence-electron chi connectivity index (χ0n) is 12.9. The number of amides is 1. The van der Waals surface area contributed by atoms with E-state index in [1.807, 2.05) is 36.1 Å². The Balaban J connectivity index is 0.00000192. The lowest BCUT2D eigenvalue weighted by Gasteiger charge is -2.16. The number of hydrogen-bond donors (Lipinski definition) is 1. The van der Waals surface area contributed by atoms with E-state index in [0.29, 0.717) is 18.0 Å². The molecule has 1 atom stereocenters. The quantitative estimate of drug-likeness (QED) is 0.863. The molecule has 0 spiro atoms. The van der Waals surface area contributed by atoms with Gasteiger partial charge in [-0.05, 0) is 44.0 Å². The molecule has 124 valence electrons. The average molecular weight is 400 g/mol. The first kappa shape index (κ1) is 18.0. The molecule has 1 fully saturated rings. The number of carbonyl (C=O) groups excluding carboxylic acids is 1. The second-order valence-corrected chi connectivity index (χ2v) is 6.59. The van der Waals surface area contributed by atoms with E-state index < -0.39 is 0 Å². The predicted molar refractivity (Wildman–Crippen MR) is 96.3 cm³/mol. The van der Waals surface area contributed by atoms with Crippen LogP contribution in [0.2, 0.25) is 0 Å². The highest BCUT2D eigenvalue weighted by Gasteiger charge is 2.28. The summed E-state index contributed by atoms with van der Waals surface area (Å²) in [6.07, 6.45) is 2.65. The molecule has 2 heterocycles. The molecule has 3 rings (SSSR count). The first-order chi connectivity index (χ1) is 10.6.